The van der Waals surface area contributed by atoms with Crippen LogP contribution in [-0.2, 0) is 16.1 Å². The number of ether oxygens (including phenoxy) is 2. The third-order valence-electron chi connectivity index (χ3n) is 5.57. The molecule has 0 bridgehead atoms. The van der Waals surface area contributed by atoms with Crippen LogP contribution in [0, 0.1) is 5.92 Å². The third-order valence-corrected chi connectivity index (χ3v) is 5.85. The van der Waals surface area contributed by atoms with Gasteiger partial charge in [-0.25, -0.2) is 0 Å². The largest absolute Gasteiger partial charge is 0.490 e. The Morgan fingerprint density at radius 1 is 1.06 bits per heavy atom. The number of hydrogen-bond donors (Lipinski definition) is 2. The standard InChI is InChI=1S/C26H34ClN3O4/c1-4-33-23-14-19(16-28-20-9-8-10-21(15-20)29-26(32)18(2)3)13-22(27)25(23)34-17-24(31)30-11-6-5-7-12-30/h8-10,13-15,18,28H,4-7,11-12,16-17H2,1-3H3,(H,29,32). The van der Waals surface area contributed by atoms with E-state index < -0.39 is 0 Å². The zero-order valence-corrected chi connectivity index (χ0v) is 20.9. The molecule has 0 aliphatic carbocycles. The smallest absolute Gasteiger partial charge is 0.260 e. The molecule has 184 valence electrons. The Balaban J connectivity index is 1.65. The number of likely N-dealkylation sites (tertiary alicyclic amines) is 1. The molecule has 2 amide bonds. The number of carbonyl (C=O) groups excluding carboxylic acids is 2. The van der Waals surface area contributed by atoms with Gasteiger partial charge in [0.05, 0.1) is 11.6 Å². The topological polar surface area (TPSA) is 79.9 Å². The van der Waals surface area contributed by atoms with E-state index >= 15 is 0 Å². The fourth-order valence-electron chi connectivity index (χ4n) is 3.69. The molecule has 2 aromatic rings. The molecule has 0 aromatic heterocycles. The second kappa shape index (κ2) is 12.5. The quantitative estimate of drug-likeness (QED) is 0.473. The van der Waals surface area contributed by atoms with Crippen molar-refractivity contribution >= 4 is 34.8 Å². The zero-order valence-electron chi connectivity index (χ0n) is 20.2. The van der Waals surface area contributed by atoms with Gasteiger partial charge in [0.25, 0.3) is 5.91 Å². The number of anilines is 2. The average molecular weight is 488 g/mol. The fraction of sp³-hybridized carbons (Fsp3) is 0.462. The first-order chi connectivity index (χ1) is 16.4. The first-order valence-electron chi connectivity index (χ1n) is 11.9. The number of amides is 2. The molecular formula is C26H34ClN3O4. The molecule has 2 N–H and O–H groups in total. The van der Waals surface area contributed by atoms with Crippen LogP contribution in [0.3, 0.4) is 0 Å². The maximum absolute atomic E-state index is 12.5. The molecule has 8 heteroatoms. The lowest BCUT2D eigenvalue weighted by Gasteiger charge is -2.26. The van der Waals surface area contributed by atoms with Crippen LogP contribution in [0.15, 0.2) is 36.4 Å². The molecule has 1 heterocycles. The zero-order chi connectivity index (χ0) is 24.5. The summed E-state index contributed by atoms with van der Waals surface area (Å²) in [5.74, 6) is 0.742. The number of piperidine rings is 1. The third kappa shape index (κ3) is 7.29. The van der Waals surface area contributed by atoms with E-state index in [2.05, 4.69) is 10.6 Å². The highest BCUT2D eigenvalue weighted by Crippen LogP contribution is 2.37. The van der Waals surface area contributed by atoms with Crippen molar-refractivity contribution in [1.29, 1.82) is 0 Å². The van der Waals surface area contributed by atoms with E-state index in [1.807, 2.05) is 62.1 Å². The Labute approximate surface area is 206 Å². The lowest BCUT2D eigenvalue weighted by Crippen LogP contribution is -2.38. The highest BCUT2D eigenvalue weighted by atomic mass is 35.5. The van der Waals surface area contributed by atoms with Crippen molar-refractivity contribution in [2.75, 3.05) is 36.9 Å². The summed E-state index contributed by atoms with van der Waals surface area (Å²) in [6, 6.07) is 11.2. The Morgan fingerprint density at radius 2 is 1.79 bits per heavy atom. The minimum Gasteiger partial charge on any atom is -0.490 e. The van der Waals surface area contributed by atoms with Gasteiger partial charge < -0.3 is 25.0 Å². The summed E-state index contributed by atoms with van der Waals surface area (Å²) < 4.78 is 11.6. The fourth-order valence-corrected chi connectivity index (χ4v) is 3.98. The van der Waals surface area contributed by atoms with Gasteiger partial charge in [-0.1, -0.05) is 31.5 Å². The van der Waals surface area contributed by atoms with Crippen molar-refractivity contribution in [3.63, 3.8) is 0 Å². The van der Waals surface area contributed by atoms with Crippen LogP contribution in [0.25, 0.3) is 0 Å². The minimum atomic E-state index is -0.0911. The van der Waals surface area contributed by atoms with Crippen molar-refractivity contribution in [3.8, 4) is 11.5 Å². The summed E-state index contributed by atoms with van der Waals surface area (Å²) in [5, 5.41) is 6.64. The van der Waals surface area contributed by atoms with Crippen LogP contribution in [0.4, 0.5) is 11.4 Å². The van der Waals surface area contributed by atoms with E-state index in [9.17, 15) is 9.59 Å². The lowest BCUT2D eigenvalue weighted by molar-refractivity contribution is -0.134. The van der Waals surface area contributed by atoms with Crippen LogP contribution in [0.5, 0.6) is 11.5 Å². The molecule has 1 aliphatic rings. The number of rotatable bonds is 10. The van der Waals surface area contributed by atoms with E-state index in [1.165, 1.54) is 0 Å². The molecule has 0 atom stereocenters. The minimum absolute atomic E-state index is 0.0281. The van der Waals surface area contributed by atoms with Gasteiger partial charge in [-0.15, -0.1) is 0 Å². The number of halogens is 1. The van der Waals surface area contributed by atoms with Gasteiger partial charge in [-0.3, -0.25) is 9.59 Å². The number of nitrogens with one attached hydrogen (secondary N) is 2. The van der Waals surface area contributed by atoms with E-state index in [1.54, 1.807) is 0 Å². The molecule has 7 nitrogen and oxygen atoms in total. The molecule has 0 radical (unpaired) electrons. The predicted molar refractivity (Wildman–Crippen MR) is 136 cm³/mol. The van der Waals surface area contributed by atoms with Gasteiger partial charge in [0.2, 0.25) is 5.91 Å². The second-order valence-corrected chi connectivity index (χ2v) is 9.05. The Morgan fingerprint density at radius 3 is 2.50 bits per heavy atom. The summed E-state index contributed by atoms with van der Waals surface area (Å²) in [5.41, 5.74) is 2.50. The van der Waals surface area contributed by atoms with Gasteiger partial charge >= 0.3 is 0 Å². The Bertz CT molecular complexity index is 990. The summed E-state index contributed by atoms with van der Waals surface area (Å²) in [4.78, 5) is 26.3. The summed E-state index contributed by atoms with van der Waals surface area (Å²) >= 11 is 6.53. The highest BCUT2D eigenvalue weighted by Gasteiger charge is 2.19. The first kappa shape index (κ1) is 25.7. The molecule has 2 aromatic carbocycles. The second-order valence-electron chi connectivity index (χ2n) is 8.65. The molecular weight excluding hydrogens is 454 g/mol. The number of nitrogens with zero attached hydrogens (tertiary/aromatic N) is 1. The predicted octanol–water partition coefficient (Wildman–Crippen LogP) is 5.34. The summed E-state index contributed by atoms with van der Waals surface area (Å²) in [6.45, 7) is 8.03. The van der Waals surface area contributed by atoms with Crippen molar-refractivity contribution in [1.82, 2.24) is 4.90 Å². The van der Waals surface area contributed by atoms with E-state index in [-0.39, 0.29) is 24.3 Å². The molecule has 34 heavy (non-hydrogen) atoms. The molecule has 0 saturated carbocycles. The molecule has 0 spiro atoms. The molecule has 1 fully saturated rings. The molecule has 1 saturated heterocycles. The SMILES string of the molecule is CCOc1cc(CNc2cccc(NC(=O)C(C)C)c2)cc(Cl)c1OCC(=O)N1CCCCC1. The first-order valence-corrected chi connectivity index (χ1v) is 12.3. The summed E-state index contributed by atoms with van der Waals surface area (Å²) in [6.07, 6.45) is 3.23. The van der Waals surface area contributed by atoms with Crippen LogP contribution in [-0.4, -0.2) is 43.0 Å². The van der Waals surface area contributed by atoms with Crippen LogP contribution >= 0.6 is 11.6 Å². The van der Waals surface area contributed by atoms with E-state index in [4.69, 9.17) is 21.1 Å². The average Bonchev–Trinajstić information content (AvgIpc) is 2.83. The van der Waals surface area contributed by atoms with Crippen molar-refractivity contribution in [3.05, 3.63) is 47.0 Å². The highest BCUT2D eigenvalue weighted by molar-refractivity contribution is 6.32. The lowest BCUT2D eigenvalue weighted by atomic mass is 10.1. The number of benzene rings is 2. The van der Waals surface area contributed by atoms with E-state index in [0.29, 0.717) is 29.7 Å². The Hall–Kier alpha value is -2.93. The number of hydrogen-bond acceptors (Lipinski definition) is 5. The van der Waals surface area contributed by atoms with Gasteiger partial charge in [-0.05, 0) is 62.1 Å². The van der Waals surface area contributed by atoms with Gasteiger partial charge in [0, 0.05) is 36.9 Å². The maximum Gasteiger partial charge on any atom is 0.260 e. The van der Waals surface area contributed by atoms with Crippen LogP contribution in [0.2, 0.25) is 5.02 Å². The molecule has 3 rings (SSSR count). The van der Waals surface area contributed by atoms with Crippen LogP contribution in [0.1, 0.15) is 45.6 Å². The molecule has 1 aliphatic heterocycles. The van der Waals surface area contributed by atoms with Crippen molar-refractivity contribution in [2.24, 2.45) is 5.92 Å². The van der Waals surface area contributed by atoms with Gasteiger partial charge in [0.15, 0.2) is 18.1 Å². The maximum atomic E-state index is 12.5. The normalized spacial score (nSPS) is 13.5. The van der Waals surface area contributed by atoms with Gasteiger partial charge in [-0.2, -0.15) is 0 Å². The monoisotopic (exact) mass is 487 g/mol. The van der Waals surface area contributed by atoms with Crippen molar-refractivity contribution in [2.45, 2.75) is 46.6 Å². The van der Waals surface area contributed by atoms with Gasteiger partial charge in [0.1, 0.15) is 0 Å². The Kier molecular flexibility index (Phi) is 9.45. The van der Waals surface area contributed by atoms with Crippen molar-refractivity contribution < 1.29 is 19.1 Å². The van der Waals surface area contributed by atoms with Crippen LogP contribution < -0.4 is 20.1 Å². The van der Waals surface area contributed by atoms with E-state index in [0.717, 1.165) is 49.3 Å². The molecule has 0 unspecified atom stereocenters. The number of carbonyl (C=O) groups is 2. The summed E-state index contributed by atoms with van der Waals surface area (Å²) in [7, 11) is 0.